The lowest BCUT2D eigenvalue weighted by molar-refractivity contribution is -0.122. The van der Waals surface area contributed by atoms with E-state index in [4.69, 9.17) is 10.2 Å². The Kier molecular flexibility index (Phi) is 7.66. The van der Waals surface area contributed by atoms with Gasteiger partial charge in [-0.3, -0.25) is 23.9 Å². The van der Waals surface area contributed by atoms with Crippen molar-refractivity contribution in [3.05, 3.63) is 101 Å². The van der Waals surface area contributed by atoms with Crippen LogP contribution in [0.4, 0.5) is 5.82 Å². The molecule has 1 atom stereocenters. The van der Waals surface area contributed by atoms with Gasteiger partial charge in [-0.05, 0) is 43.0 Å². The summed E-state index contributed by atoms with van der Waals surface area (Å²) in [7, 11) is 0. The van der Waals surface area contributed by atoms with Crippen LogP contribution in [0.3, 0.4) is 0 Å². The standard InChI is InChI=1S/C31H31N7O4/c1-18(2)25(35-24(39)17-38-23(16-34-27(32)29(38)41)19-10-6-5-7-11-19)26(40)28-36-37-30(42-28)31(3,4)21-14-20-12-8-9-13-22(20)33-15-21/h5-16,18,25H,17H2,1-4H3,(H2,32,34)(H,35,39)/t25-/m1/s1. The summed E-state index contributed by atoms with van der Waals surface area (Å²) in [6, 6.07) is 17.8. The summed E-state index contributed by atoms with van der Waals surface area (Å²) in [4.78, 5) is 48.1. The fraction of sp³-hybridized carbons (Fsp3) is 0.258. The van der Waals surface area contributed by atoms with E-state index >= 15 is 0 Å². The quantitative estimate of drug-likeness (QED) is 0.254. The molecule has 0 saturated carbocycles. The Hall–Kier alpha value is -5.19. The van der Waals surface area contributed by atoms with E-state index in [-0.39, 0.29) is 30.1 Å². The molecule has 0 bridgehead atoms. The zero-order valence-corrected chi connectivity index (χ0v) is 23.7. The number of anilines is 1. The van der Waals surface area contributed by atoms with Gasteiger partial charge in [0.05, 0.1) is 28.9 Å². The van der Waals surface area contributed by atoms with E-state index < -0.39 is 28.7 Å². The van der Waals surface area contributed by atoms with Crippen molar-refractivity contribution in [3.63, 3.8) is 0 Å². The Morgan fingerprint density at radius 3 is 2.45 bits per heavy atom. The number of ketones is 1. The van der Waals surface area contributed by atoms with Gasteiger partial charge in [0.25, 0.3) is 11.4 Å². The van der Waals surface area contributed by atoms with Crippen LogP contribution < -0.4 is 16.6 Å². The van der Waals surface area contributed by atoms with Gasteiger partial charge in [0, 0.05) is 11.6 Å². The van der Waals surface area contributed by atoms with Gasteiger partial charge >= 0.3 is 0 Å². The highest BCUT2D eigenvalue weighted by molar-refractivity contribution is 5.98. The summed E-state index contributed by atoms with van der Waals surface area (Å²) in [5, 5.41) is 11.9. The highest BCUT2D eigenvalue weighted by Gasteiger charge is 2.34. The summed E-state index contributed by atoms with van der Waals surface area (Å²) in [6.45, 7) is 7.02. The van der Waals surface area contributed by atoms with E-state index in [9.17, 15) is 14.4 Å². The van der Waals surface area contributed by atoms with Crippen molar-refractivity contribution in [2.24, 2.45) is 5.92 Å². The number of rotatable bonds is 9. The number of hydrogen-bond donors (Lipinski definition) is 2. The number of carbonyl (C=O) groups excluding carboxylic acids is 2. The molecule has 0 aliphatic heterocycles. The predicted molar refractivity (Wildman–Crippen MR) is 158 cm³/mol. The van der Waals surface area contributed by atoms with Crippen LogP contribution in [0, 0.1) is 5.92 Å². The van der Waals surface area contributed by atoms with Crippen molar-refractivity contribution >= 4 is 28.4 Å². The topological polar surface area (TPSA) is 159 Å². The first-order valence-corrected chi connectivity index (χ1v) is 13.5. The minimum absolute atomic E-state index is 0.221. The van der Waals surface area contributed by atoms with Crippen LogP contribution in [-0.2, 0) is 16.8 Å². The summed E-state index contributed by atoms with van der Waals surface area (Å²) in [6.07, 6.45) is 3.19. The largest absolute Gasteiger partial charge is 0.417 e. The molecule has 0 fully saturated rings. The van der Waals surface area contributed by atoms with Gasteiger partial charge in [0.1, 0.15) is 6.54 Å². The third-order valence-electron chi connectivity index (χ3n) is 7.20. The van der Waals surface area contributed by atoms with Crippen molar-refractivity contribution < 1.29 is 14.0 Å². The second-order valence-electron chi connectivity index (χ2n) is 10.9. The molecule has 42 heavy (non-hydrogen) atoms. The van der Waals surface area contributed by atoms with E-state index in [2.05, 4.69) is 25.5 Å². The molecule has 11 nitrogen and oxygen atoms in total. The second-order valence-corrected chi connectivity index (χ2v) is 10.9. The Labute approximate surface area is 241 Å². The molecule has 0 saturated heterocycles. The van der Waals surface area contributed by atoms with Gasteiger partial charge in [-0.15, -0.1) is 10.2 Å². The van der Waals surface area contributed by atoms with Gasteiger partial charge in [-0.2, -0.15) is 0 Å². The van der Waals surface area contributed by atoms with Crippen LogP contribution in [0.5, 0.6) is 0 Å². The number of fused-ring (bicyclic) bond motifs is 1. The molecule has 0 aliphatic carbocycles. The van der Waals surface area contributed by atoms with Crippen LogP contribution in [0.15, 0.2) is 82.3 Å². The maximum absolute atomic E-state index is 13.5. The van der Waals surface area contributed by atoms with Crippen LogP contribution in [0.2, 0.25) is 0 Å². The monoisotopic (exact) mass is 565 g/mol. The molecule has 0 unspecified atom stereocenters. The van der Waals surface area contributed by atoms with Crippen molar-refractivity contribution in [1.82, 2.24) is 30.0 Å². The van der Waals surface area contributed by atoms with E-state index in [1.54, 1.807) is 32.2 Å². The number of nitrogens with zero attached hydrogens (tertiary/aromatic N) is 5. The number of amides is 1. The Morgan fingerprint density at radius 1 is 1.00 bits per heavy atom. The lowest BCUT2D eigenvalue weighted by Gasteiger charge is -2.21. The van der Waals surface area contributed by atoms with E-state index in [0.717, 1.165) is 16.5 Å². The van der Waals surface area contributed by atoms with Crippen LogP contribution in [0.1, 0.15) is 49.8 Å². The Morgan fingerprint density at radius 2 is 1.71 bits per heavy atom. The number of nitrogens with one attached hydrogen (secondary N) is 1. The number of hydrogen-bond acceptors (Lipinski definition) is 9. The summed E-state index contributed by atoms with van der Waals surface area (Å²) >= 11 is 0. The first kappa shape index (κ1) is 28.3. The van der Waals surface area contributed by atoms with Gasteiger partial charge in [0.15, 0.2) is 5.82 Å². The Balaban J connectivity index is 1.37. The summed E-state index contributed by atoms with van der Waals surface area (Å²) in [5.74, 6) is -1.63. The number of carbonyl (C=O) groups is 2. The van der Waals surface area contributed by atoms with Crippen LogP contribution >= 0.6 is 0 Å². The van der Waals surface area contributed by atoms with Gasteiger partial charge in [-0.25, -0.2) is 4.98 Å². The van der Waals surface area contributed by atoms with E-state index in [0.29, 0.717) is 11.3 Å². The molecule has 0 radical (unpaired) electrons. The predicted octanol–water partition coefficient (Wildman–Crippen LogP) is 3.77. The van der Waals surface area contributed by atoms with E-state index in [1.165, 1.54) is 10.8 Å². The average molecular weight is 566 g/mol. The molecular formula is C31H31N7O4. The van der Waals surface area contributed by atoms with Gasteiger partial charge in [0.2, 0.25) is 17.6 Å². The fourth-order valence-electron chi connectivity index (χ4n) is 4.64. The van der Waals surface area contributed by atoms with E-state index in [1.807, 2.05) is 62.4 Å². The summed E-state index contributed by atoms with van der Waals surface area (Å²) in [5.41, 5.74) is 7.23. The maximum atomic E-state index is 13.5. The number of aromatic nitrogens is 5. The minimum Gasteiger partial charge on any atom is -0.417 e. The number of Topliss-reactive ketones (excluding diaryl/α,β-unsaturated/α-hetero) is 1. The van der Waals surface area contributed by atoms with Crippen molar-refractivity contribution in [2.75, 3.05) is 5.73 Å². The molecule has 1 amide bonds. The molecule has 3 heterocycles. The van der Waals surface area contributed by atoms with Crippen LogP contribution in [0.25, 0.3) is 22.2 Å². The second kappa shape index (κ2) is 11.4. The lowest BCUT2D eigenvalue weighted by Crippen LogP contribution is -2.46. The average Bonchev–Trinajstić information content (AvgIpc) is 3.50. The molecule has 214 valence electrons. The van der Waals surface area contributed by atoms with Crippen LogP contribution in [-0.4, -0.2) is 42.5 Å². The fourth-order valence-corrected chi connectivity index (χ4v) is 4.64. The molecular weight excluding hydrogens is 534 g/mol. The molecule has 5 aromatic rings. The molecule has 11 heteroatoms. The SMILES string of the molecule is CC(C)[C@@H](NC(=O)Cn1c(-c2ccccc2)cnc(N)c1=O)C(=O)c1nnc(C(C)(C)c2cnc3ccccc3c2)o1. The molecule has 3 aromatic heterocycles. The highest BCUT2D eigenvalue weighted by Crippen LogP contribution is 2.32. The number of nitrogens with two attached hydrogens (primary N) is 1. The smallest absolute Gasteiger partial charge is 0.294 e. The van der Waals surface area contributed by atoms with Crippen molar-refractivity contribution in [1.29, 1.82) is 0 Å². The molecule has 2 aromatic carbocycles. The molecule has 3 N–H and O–H groups in total. The number of para-hydroxylation sites is 1. The zero-order chi connectivity index (χ0) is 30.0. The molecule has 5 rings (SSSR count). The first-order valence-electron chi connectivity index (χ1n) is 13.5. The maximum Gasteiger partial charge on any atom is 0.294 e. The number of pyridine rings is 1. The van der Waals surface area contributed by atoms with Gasteiger partial charge in [-0.1, -0.05) is 62.4 Å². The minimum atomic E-state index is -0.980. The number of benzene rings is 2. The molecule has 0 spiro atoms. The first-order chi connectivity index (χ1) is 20.1. The van der Waals surface area contributed by atoms with Crippen molar-refractivity contribution in [2.45, 2.75) is 45.7 Å². The number of nitrogen functional groups attached to an aromatic ring is 1. The third-order valence-corrected chi connectivity index (χ3v) is 7.20. The lowest BCUT2D eigenvalue weighted by atomic mass is 9.85. The summed E-state index contributed by atoms with van der Waals surface area (Å²) < 4.78 is 7.12. The normalized spacial score (nSPS) is 12.4. The Bertz CT molecular complexity index is 1830. The zero-order valence-electron chi connectivity index (χ0n) is 23.7. The van der Waals surface area contributed by atoms with Crippen molar-refractivity contribution in [3.8, 4) is 11.3 Å². The molecule has 0 aliphatic rings. The van der Waals surface area contributed by atoms with Gasteiger partial charge < -0.3 is 15.5 Å². The highest BCUT2D eigenvalue weighted by atomic mass is 16.4. The third kappa shape index (κ3) is 5.53.